The van der Waals surface area contributed by atoms with E-state index in [4.69, 9.17) is 4.74 Å². The predicted molar refractivity (Wildman–Crippen MR) is 165 cm³/mol. The molecule has 0 N–H and O–H groups in total. The van der Waals surface area contributed by atoms with E-state index >= 15 is 8.78 Å². The molecular formula is C36H34F4N2O3. The summed E-state index contributed by atoms with van der Waals surface area (Å²) in [6.07, 6.45) is 4.16. The summed E-state index contributed by atoms with van der Waals surface area (Å²) in [4.78, 5) is 14.5. The van der Waals surface area contributed by atoms with Crippen molar-refractivity contribution in [1.29, 1.82) is 0 Å². The quantitative estimate of drug-likeness (QED) is 0.128. The van der Waals surface area contributed by atoms with Gasteiger partial charge in [-0.05, 0) is 70.9 Å². The lowest BCUT2D eigenvalue weighted by Gasteiger charge is -2.43. The average Bonchev–Trinajstić information content (AvgIpc) is 2.94. The number of carbonyl (C=O) groups is 1. The standard InChI is InChI=1S/C36H34F4N2O3/c1-9-41-23-13-25-21(11-19(23)17(3)15-35(41,5)6)27(28-29(34(43)44)31(38)33(40)32(39)30(28)37)22-12-20-18(4)16-36(7,8)42(10-2)24(20)14-26(22)45-25/h11-16H,9-10H2,1-8H3. The molecule has 0 spiro atoms. The van der Waals surface area contributed by atoms with E-state index in [1.165, 1.54) is 0 Å². The number of carboxylic acids is 1. The highest BCUT2D eigenvalue weighted by Crippen LogP contribution is 2.47. The molecule has 3 heterocycles. The molecule has 0 radical (unpaired) electrons. The summed E-state index contributed by atoms with van der Waals surface area (Å²) in [5.74, 6) is -9.91. The number of fused-ring (bicyclic) bond motifs is 4. The van der Waals surface area contributed by atoms with Crippen molar-refractivity contribution in [2.24, 2.45) is 0 Å². The lowest BCUT2D eigenvalue weighted by atomic mass is 9.83. The van der Waals surface area contributed by atoms with E-state index in [2.05, 4.69) is 49.3 Å². The molecule has 45 heavy (non-hydrogen) atoms. The zero-order chi connectivity index (χ0) is 32.9. The second-order valence-corrected chi connectivity index (χ2v) is 13.0. The first-order valence-electron chi connectivity index (χ1n) is 15.0. The molecule has 0 aromatic heterocycles. The van der Waals surface area contributed by atoms with Crippen LogP contribution in [0.4, 0.5) is 23.2 Å². The highest BCUT2D eigenvalue weighted by Gasteiger charge is 2.38. The SMILES string of the molecule is CCN1c2cc3c(cc2C(C)=CC1(C)C)C(c1c(F)c(F)c(F)c(F)c1C(=O)[O-])=c1cc2c(cc1O3)=[N+](CC)C(C)(C)C=C2C. The Labute approximate surface area is 259 Å². The van der Waals surface area contributed by atoms with Crippen LogP contribution in [0.25, 0.3) is 16.7 Å². The fraction of sp³-hybridized carbons (Fsp3) is 0.333. The Morgan fingerprint density at radius 3 is 2.11 bits per heavy atom. The van der Waals surface area contributed by atoms with Crippen LogP contribution >= 0.6 is 0 Å². The molecule has 0 atom stereocenters. The summed E-state index contributed by atoms with van der Waals surface area (Å²) < 4.78 is 69.3. The maximum absolute atomic E-state index is 15.9. The first-order chi connectivity index (χ1) is 21.0. The second-order valence-electron chi connectivity index (χ2n) is 13.0. The van der Waals surface area contributed by atoms with Gasteiger partial charge in [0, 0.05) is 70.8 Å². The van der Waals surface area contributed by atoms with Gasteiger partial charge in [0.25, 0.3) is 0 Å². The fourth-order valence-electron chi connectivity index (χ4n) is 7.51. The Balaban J connectivity index is 1.85. The highest BCUT2D eigenvalue weighted by atomic mass is 19.2. The second kappa shape index (κ2) is 10.1. The molecule has 3 aliphatic heterocycles. The van der Waals surface area contributed by atoms with Crippen molar-refractivity contribution < 1.29 is 32.2 Å². The zero-order valence-corrected chi connectivity index (χ0v) is 26.5. The van der Waals surface area contributed by atoms with Crippen LogP contribution in [0.3, 0.4) is 0 Å². The van der Waals surface area contributed by atoms with Gasteiger partial charge in [0.2, 0.25) is 5.36 Å². The molecule has 6 rings (SSSR count). The van der Waals surface area contributed by atoms with Crippen molar-refractivity contribution in [3.8, 4) is 11.5 Å². The van der Waals surface area contributed by atoms with Crippen molar-refractivity contribution >= 4 is 28.4 Å². The smallest absolute Gasteiger partial charge is 0.211 e. The Morgan fingerprint density at radius 2 is 1.49 bits per heavy atom. The van der Waals surface area contributed by atoms with Crippen LogP contribution in [0.5, 0.6) is 11.5 Å². The minimum atomic E-state index is -2.22. The van der Waals surface area contributed by atoms with Gasteiger partial charge in [0.05, 0.1) is 17.6 Å². The minimum absolute atomic E-state index is 0.132. The van der Waals surface area contributed by atoms with Crippen molar-refractivity contribution in [2.45, 2.75) is 66.5 Å². The van der Waals surface area contributed by atoms with Crippen molar-refractivity contribution in [3.63, 3.8) is 0 Å². The number of benzene rings is 3. The third-order valence-corrected chi connectivity index (χ3v) is 9.27. The molecule has 234 valence electrons. The molecule has 0 saturated carbocycles. The summed E-state index contributed by atoms with van der Waals surface area (Å²) in [7, 11) is 0. The maximum atomic E-state index is 15.9. The van der Waals surface area contributed by atoms with Gasteiger partial charge in [0.15, 0.2) is 28.8 Å². The zero-order valence-electron chi connectivity index (χ0n) is 26.5. The number of hydrogen-bond donors (Lipinski definition) is 0. The summed E-state index contributed by atoms with van der Waals surface area (Å²) in [6, 6.07) is 7.00. The van der Waals surface area contributed by atoms with Crippen LogP contribution < -0.4 is 29.9 Å². The third-order valence-electron chi connectivity index (χ3n) is 9.27. The van der Waals surface area contributed by atoms with Gasteiger partial charge in [0.1, 0.15) is 18.0 Å². The molecule has 9 heteroatoms. The molecule has 0 fully saturated rings. The average molecular weight is 619 g/mol. The van der Waals surface area contributed by atoms with Crippen molar-refractivity contribution in [1.82, 2.24) is 4.58 Å². The van der Waals surface area contributed by atoms with E-state index in [1.807, 2.05) is 27.7 Å². The van der Waals surface area contributed by atoms with Gasteiger partial charge >= 0.3 is 0 Å². The summed E-state index contributed by atoms with van der Waals surface area (Å²) >= 11 is 0. The van der Waals surface area contributed by atoms with E-state index in [0.717, 1.165) is 33.3 Å². The molecule has 0 unspecified atom stereocenters. The van der Waals surface area contributed by atoms with Gasteiger partial charge in [-0.25, -0.2) is 22.1 Å². The van der Waals surface area contributed by atoms with Crippen LogP contribution in [0.2, 0.25) is 0 Å². The number of allylic oxidation sites excluding steroid dienone is 2. The Bertz CT molecular complexity index is 2060. The maximum Gasteiger partial charge on any atom is 0.211 e. The first-order valence-corrected chi connectivity index (χ1v) is 15.0. The molecule has 0 saturated heterocycles. The number of carboxylic acid groups (broad SMARTS) is 1. The molecule has 3 aromatic carbocycles. The lowest BCUT2D eigenvalue weighted by Crippen LogP contribution is -2.49. The number of ether oxygens (including phenoxy) is 1. The molecular weight excluding hydrogens is 584 g/mol. The van der Waals surface area contributed by atoms with Crippen LogP contribution in [-0.2, 0) is 0 Å². The number of likely N-dealkylation sites (N-methyl/N-ethyl adjacent to an activating group) is 2. The van der Waals surface area contributed by atoms with Gasteiger partial charge in [-0.1, -0.05) is 6.08 Å². The van der Waals surface area contributed by atoms with E-state index in [0.29, 0.717) is 13.1 Å². The van der Waals surface area contributed by atoms with Crippen LogP contribution in [0, 0.1) is 23.3 Å². The Kier molecular flexibility index (Phi) is 6.84. The number of nitrogens with zero attached hydrogens (tertiary/aromatic N) is 2. The monoisotopic (exact) mass is 618 g/mol. The largest absolute Gasteiger partial charge is 0.545 e. The Hall–Kier alpha value is -4.40. The van der Waals surface area contributed by atoms with Gasteiger partial charge in [-0.2, -0.15) is 0 Å². The lowest BCUT2D eigenvalue weighted by molar-refractivity contribution is -0.255. The summed E-state index contributed by atoms with van der Waals surface area (Å²) in [5, 5.41) is 13.4. The van der Waals surface area contributed by atoms with Crippen LogP contribution in [-0.4, -0.2) is 30.1 Å². The van der Waals surface area contributed by atoms with Gasteiger partial charge < -0.3 is 19.5 Å². The first kappa shape index (κ1) is 30.6. The normalized spacial score (nSPS) is 17.5. The molecule has 5 nitrogen and oxygen atoms in total. The topological polar surface area (TPSA) is 55.6 Å². The van der Waals surface area contributed by atoms with Crippen LogP contribution in [0.15, 0.2) is 36.4 Å². The number of aromatic carboxylic acids is 1. The number of halogens is 4. The van der Waals surface area contributed by atoms with Crippen molar-refractivity contribution in [3.05, 3.63) is 98.1 Å². The number of carbonyl (C=O) groups excluding carboxylic acids is 1. The Morgan fingerprint density at radius 1 is 0.844 bits per heavy atom. The van der Waals surface area contributed by atoms with Crippen LogP contribution in [0.1, 0.15) is 88.0 Å². The van der Waals surface area contributed by atoms with Crippen molar-refractivity contribution in [2.75, 3.05) is 18.0 Å². The highest BCUT2D eigenvalue weighted by molar-refractivity contribution is 5.99. The number of hydrogen-bond acceptors (Lipinski definition) is 4. The molecule has 0 aliphatic carbocycles. The van der Waals surface area contributed by atoms with E-state index in [1.54, 1.807) is 24.3 Å². The molecule has 3 aliphatic rings. The molecule has 3 aromatic rings. The van der Waals surface area contributed by atoms with E-state index in [-0.39, 0.29) is 38.9 Å². The summed E-state index contributed by atoms with van der Waals surface area (Å²) in [6.45, 7) is 17.5. The minimum Gasteiger partial charge on any atom is -0.545 e. The molecule has 0 amide bonds. The fourth-order valence-corrected chi connectivity index (χ4v) is 7.51. The van der Waals surface area contributed by atoms with E-state index < -0.39 is 40.4 Å². The summed E-state index contributed by atoms with van der Waals surface area (Å²) in [5.41, 5.74) is 1.17. The predicted octanol–water partition coefficient (Wildman–Crippen LogP) is 5.69. The number of rotatable bonds is 4. The van der Waals surface area contributed by atoms with Gasteiger partial charge in [-0.15, -0.1) is 0 Å². The van der Waals surface area contributed by atoms with Gasteiger partial charge in [-0.3, -0.25) is 0 Å². The third kappa shape index (κ3) is 4.34. The number of anilines is 1. The molecule has 0 bridgehead atoms. The van der Waals surface area contributed by atoms with E-state index in [9.17, 15) is 18.7 Å².